The molecule has 0 radical (unpaired) electrons. The molecule has 1 saturated heterocycles. The van der Waals surface area contributed by atoms with Gasteiger partial charge in [0, 0.05) is 25.6 Å². The van der Waals surface area contributed by atoms with Crippen LogP contribution in [0.1, 0.15) is 44.6 Å². The van der Waals surface area contributed by atoms with Gasteiger partial charge in [0.25, 0.3) is 0 Å². The van der Waals surface area contributed by atoms with Gasteiger partial charge in [-0.15, -0.1) is 0 Å². The summed E-state index contributed by atoms with van der Waals surface area (Å²) in [5.41, 5.74) is 0.850. The molecular weight excluding hydrogens is 288 g/mol. The number of piperidine rings is 1. The molecule has 4 heteroatoms. The fraction of sp³-hybridized carbons (Fsp3) is 0.632. The molecule has 0 amide bonds. The molecule has 1 N–H and O–H groups in total. The van der Waals surface area contributed by atoms with Crippen molar-refractivity contribution >= 4 is 0 Å². The normalized spacial score (nSPS) is 29.3. The fourth-order valence-corrected chi connectivity index (χ4v) is 3.95. The molecule has 0 spiro atoms. The van der Waals surface area contributed by atoms with Gasteiger partial charge in [-0.25, -0.2) is 0 Å². The predicted octanol–water partition coefficient (Wildman–Crippen LogP) is 3.10. The Kier molecular flexibility index (Phi) is 4.89. The van der Waals surface area contributed by atoms with Crippen molar-refractivity contribution in [1.82, 2.24) is 4.90 Å². The molecule has 1 heterocycles. The number of hydrogen-bond acceptors (Lipinski definition) is 4. The molecule has 0 bridgehead atoms. The highest BCUT2D eigenvalue weighted by Gasteiger charge is 2.42. The Bertz CT molecular complexity index is 566. The molecule has 1 aliphatic carbocycles. The lowest BCUT2D eigenvalue weighted by atomic mass is 9.71. The molecule has 1 aliphatic heterocycles. The molecule has 1 aromatic carbocycles. The fourth-order valence-electron chi connectivity index (χ4n) is 3.95. The molecule has 4 nitrogen and oxygen atoms in total. The van der Waals surface area contributed by atoms with Crippen LogP contribution < -0.4 is 4.74 Å². The van der Waals surface area contributed by atoms with Crippen molar-refractivity contribution in [3.8, 4) is 11.8 Å². The van der Waals surface area contributed by atoms with Crippen molar-refractivity contribution in [2.75, 3.05) is 13.1 Å². The minimum Gasteiger partial charge on any atom is -0.476 e. The molecule has 23 heavy (non-hydrogen) atoms. The van der Waals surface area contributed by atoms with Crippen LogP contribution in [0.25, 0.3) is 0 Å². The summed E-state index contributed by atoms with van der Waals surface area (Å²) in [5, 5.41) is 19.5. The van der Waals surface area contributed by atoms with Crippen molar-refractivity contribution in [3.05, 3.63) is 29.8 Å². The average molecular weight is 314 g/mol. The minimum absolute atomic E-state index is 0.403. The van der Waals surface area contributed by atoms with E-state index in [0.29, 0.717) is 5.92 Å². The van der Waals surface area contributed by atoms with Gasteiger partial charge >= 0.3 is 0 Å². The SMILES string of the molecule is CC(C#N)Oc1ccc(CN2CCC3(O)CCCCC3C2)cc1. The number of nitrogens with zero attached hydrogens (tertiary/aromatic N) is 2. The third-order valence-electron chi connectivity index (χ3n) is 5.34. The Morgan fingerprint density at radius 3 is 2.87 bits per heavy atom. The van der Waals surface area contributed by atoms with E-state index in [1.54, 1.807) is 6.92 Å². The van der Waals surface area contributed by atoms with Crippen LogP contribution in [0.3, 0.4) is 0 Å². The Hall–Kier alpha value is -1.57. The summed E-state index contributed by atoms with van der Waals surface area (Å²) >= 11 is 0. The van der Waals surface area contributed by atoms with Gasteiger partial charge in [0.1, 0.15) is 11.8 Å². The van der Waals surface area contributed by atoms with Crippen LogP contribution in [0.15, 0.2) is 24.3 Å². The molecule has 124 valence electrons. The number of fused-ring (bicyclic) bond motifs is 1. The summed E-state index contributed by atoms with van der Waals surface area (Å²) in [6.07, 6.45) is 5.05. The van der Waals surface area contributed by atoms with E-state index in [-0.39, 0.29) is 0 Å². The molecular formula is C19H26N2O2. The second kappa shape index (κ2) is 6.90. The van der Waals surface area contributed by atoms with Crippen LogP contribution in [-0.2, 0) is 6.54 Å². The van der Waals surface area contributed by atoms with Gasteiger partial charge in [-0.1, -0.05) is 25.0 Å². The van der Waals surface area contributed by atoms with E-state index in [1.807, 2.05) is 12.1 Å². The molecule has 1 saturated carbocycles. The number of hydrogen-bond donors (Lipinski definition) is 1. The molecule has 2 aliphatic rings. The average Bonchev–Trinajstić information content (AvgIpc) is 2.56. The summed E-state index contributed by atoms with van der Waals surface area (Å²) in [4.78, 5) is 2.46. The van der Waals surface area contributed by atoms with E-state index in [4.69, 9.17) is 10.00 Å². The summed E-state index contributed by atoms with van der Waals surface area (Å²) in [5.74, 6) is 1.17. The van der Waals surface area contributed by atoms with E-state index in [1.165, 1.54) is 18.4 Å². The number of benzene rings is 1. The quantitative estimate of drug-likeness (QED) is 0.928. The number of likely N-dealkylation sites (tertiary alicyclic amines) is 1. The maximum absolute atomic E-state index is 10.7. The summed E-state index contributed by atoms with van der Waals surface area (Å²) in [6.45, 7) is 4.63. The van der Waals surface area contributed by atoms with Gasteiger partial charge in [-0.3, -0.25) is 4.90 Å². The summed E-state index contributed by atoms with van der Waals surface area (Å²) in [6, 6.07) is 10.1. The highest BCUT2D eigenvalue weighted by molar-refractivity contribution is 5.28. The van der Waals surface area contributed by atoms with Crippen LogP contribution in [0, 0.1) is 17.2 Å². The highest BCUT2D eigenvalue weighted by atomic mass is 16.5. The van der Waals surface area contributed by atoms with Crippen LogP contribution in [0.2, 0.25) is 0 Å². The van der Waals surface area contributed by atoms with Crippen molar-refractivity contribution < 1.29 is 9.84 Å². The number of nitriles is 1. The molecule has 1 aromatic rings. The van der Waals surface area contributed by atoms with E-state index >= 15 is 0 Å². The first-order valence-corrected chi connectivity index (χ1v) is 8.69. The Labute approximate surface area is 138 Å². The Morgan fingerprint density at radius 2 is 2.13 bits per heavy atom. The number of rotatable bonds is 4. The maximum atomic E-state index is 10.7. The first kappa shape index (κ1) is 16.3. The Morgan fingerprint density at radius 1 is 1.35 bits per heavy atom. The van der Waals surface area contributed by atoms with Crippen molar-refractivity contribution in [2.45, 2.75) is 57.3 Å². The minimum atomic E-state index is -0.424. The maximum Gasteiger partial charge on any atom is 0.181 e. The van der Waals surface area contributed by atoms with Gasteiger partial charge in [-0.05, 0) is 43.9 Å². The zero-order valence-electron chi connectivity index (χ0n) is 13.9. The van der Waals surface area contributed by atoms with Gasteiger partial charge in [-0.2, -0.15) is 5.26 Å². The van der Waals surface area contributed by atoms with Crippen LogP contribution in [0.4, 0.5) is 0 Å². The lowest BCUT2D eigenvalue weighted by Gasteiger charge is -2.47. The third-order valence-corrected chi connectivity index (χ3v) is 5.34. The zero-order valence-corrected chi connectivity index (χ0v) is 13.9. The number of aliphatic hydroxyl groups is 1. The molecule has 3 unspecified atom stereocenters. The smallest absolute Gasteiger partial charge is 0.181 e. The lowest BCUT2D eigenvalue weighted by molar-refractivity contribution is -0.0967. The highest BCUT2D eigenvalue weighted by Crippen LogP contribution is 2.40. The van der Waals surface area contributed by atoms with Gasteiger partial charge in [0.2, 0.25) is 0 Å². The van der Waals surface area contributed by atoms with Gasteiger partial charge in [0.15, 0.2) is 6.10 Å². The second-order valence-electron chi connectivity index (χ2n) is 7.06. The van der Waals surface area contributed by atoms with E-state index in [0.717, 1.165) is 44.6 Å². The van der Waals surface area contributed by atoms with Crippen molar-refractivity contribution in [3.63, 3.8) is 0 Å². The molecule has 2 fully saturated rings. The summed E-state index contributed by atoms with van der Waals surface area (Å²) < 4.78 is 5.48. The van der Waals surface area contributed by atoms with E-state index in [2.05, 4.69) is 23.1 Å². The first-order valence-electron chi connectivity index (χ1n) is 8.69. The van der Waals surface area contributed by atoms with Crippen LogP contribution in [0.5, 0.6) is 5.75 Å². The monoisotopic (exact) mass is 314 g/mol. The van der Waals surface area contributed by atoms with E-state index in [9.17, 15) is 5.11 Å². The lowest BCUT2D eigenvalue weighted by Crippen LogP contribution is -2.52. The van der Waals surface area contributed by atoms with Crippen molar-refractivity contribution in [1.29, 1.82) is 5.26 Å². The van der Waals surface area contributed by atoms with Gasteiger partial charge < -0.3 is 9.84 Å². The largest absolute Gasteiger partial charge is 0.476 e. The predicted molar refractivity (Wildman–Crippen MR) is 88.9 cm³/mol. The van der Waals surface area contributed by atoms with Crippen LogP contribution in [-0.4, -0.2) is 34.8 Å². The number of ether oxygens (including phenoxy) is 1. The van der Waals surface area contributed by atoms with Crippen LogP contribution >= 0.6 is 0 Å². The third kappa shape index (κ3) is 3.85. The first-order chi connectivity index (χ1) is 11.1. The van der Waals surface area contributed by atoms with Crippen molar-refractivity contribution in [2.24, 2.45) is 5.92 Å². The standard InChI is InChI=1S/C19H26N2O2/c1-15(12-20)23-18-7-5-16(6-8-18)13-21-11-10-19(22)9-3-2-4-17(19)14-21/h5-8,15,17,22H,2-4,9-11,13-14H2,1H3. The molecule has 3 rings (SSSR count). The Balaban J connectivity index is 1.57. The second-order valence-corrected chi connectivity index (χ2v) is 7.06. The van der Waals surface area contributed by atoms with E-state index < -0.39 is 11.7 Å². The molecule has 0 aromatic heterocycles. The van der Waals surface area contributed by atoms with Gasteiger partial charge in [0.05, 0.1) is 5.60 Å². The molecule has 3 atom stereocenters. The topological polar surface area (TPSA) is 56.5 Å². The zero-order chi connectivity index (χ0) is 16.3. The summed E-state index contributed by atoms with van der Waals surface area (Å²) in [7, 11) is 0.